The Hall–Kier alpha value is -1.29. The lowest BCUT2D eigenvalue weighted by atomic mass is 10.0. The summed E-state index contributed by atoms with van der Waals surface area (Å²) in [5.74, 6) is 0.631. The number of nitrogens with one attached hydrogen (secondary N) is 2. The molecule has 1 unspecified atom stereocenters. The number of anilines is 2. The smallest absolute Gasteiger partial charge is 0.0547 e. The van der Waals surface area contributed by atoms with E-state index in [1.807, 2.05) is 12.4 Å². The van der Waals surface area contributed by atoms with E-state index < -0.39 is 0 Å². The van der Waals surface area contributed by atoms with Crippen molar-refractivity contribution in [3.8, 4) is 0 Å². The summed E-state index contributed by atoms with van der Waals surface area (Å²) in [6, 6.07) is 2.12. The number of aromatic nitrogens is 1. The lowest BCUT2D eigenvalue weighted by Crippen LogP contribution is -2.24. The van der Waals surface area contributed by atoms with Crippen LogP contribution < -0.4 is 10.6 Å². The number of nitrogens with zero attached hydrogens (tertiary/aromatic N) is 1. The van der Waals surface area contributed by atoms with Crippen molar-refractivity contribution in [2.24, 2.45) is 5.92 Å². The Morgan fingerprint density at radius 2 is 2.17 bits per heavy atom. The van der Waals surface area contributed by atoms with Crippen molar-refractivity contribution in [2.75, 3.05) is 36.9 Å². The number of hydrogen-bond donors (Lipinski definition) is 2. The predicted octanol–water partition coefficient (Wildman–Crippen LogP) is 2.74. The minimum absolute atomic E-state index is 0.631. The summed E-state index contributed by atoms with van der Waals surface area (Å²) in [5.41, 5.74) is 2.17. The molecule has 0 saturated carbocycles. The summed E-state index contributed by atoms with van der Waals surface area (Å²) in [6.45, 7) is 5.93. The van der Waals surface area contributed by atoms with Gasteiger partial charge in [-0.1, -0.05) is 6.92 Å². The van der Waals surface area contributed by atoms with E-state index >= 15 is 0 Å². The van der Waals surface area contributed by atoms with Gasteiger partial charge in [-0.25, -0.2) is 0 Å². The monoisotopic (exact) mass is 249 g/mol. The summed E-state index contributed by atoms with van der Waals surface area (Å²) >= 11 is 0. The van der Waals surface area contributed by atoms with Crippen LogP contribution in [-0.4, -0.2) is 31.3 Å². The third kappa shape index (κ3) is 4.18. The fourth-order valence-corrected chi connectivity index (χ4v) is 2.13. The van der Waals surface area contributed by atoms with Crippen LogP contribution >= 0.6 is 0 Å². The van der Waals surface area contributed by atoms with Crippen molar-refractivity contribution in [2.45, 2.75) is 26.2 Å². The second-order valence-electron chi connectivity index (χ2n) is 4.85. The van der Waals surface area contributed by atoms with Gasteiger partial charge in [0.1, 0.15) is 0 Å². The van der Waals surface area contributed by atoms with Gasteiger partial charge in [0.05, 0.1) is 30.4 Å². The van der Waals surface area contributed by atoms with Gasteiger partial charge >= 0.3 is 0 Å². The van der Waals surface area contributed by atoms with Crippen LogP contribution in [0.1, 0.15) is 26.2 Å². The van der Waals surface area contributed by atoms with Crippen molar-refractivity contribution in [1.82, 2.24) is 4.98 Å². The molecule has 1 aromatic heterocycles. The third-order valence-corrected chi connectivity index (χ3v) is 3.17. The lowest BCUT2D eigenvalue weighted by molar-refractivity contribution is 0.0595. The molecule has 18 heavy (non-hydrogen) atoms. The summed E-state index contributed by atoms with van der Waals surface area (Å²) in [4.78, 5) is 4.25. The van der Waals surface area contributed by atoms with E-state index in [1.165, 1.54) is 12.8 Å². The molecule has 2 rings (SSSR count). The first kappa shape index (κ1) is 13.1. The lowest BCUT2D eigenvalue weighted by Gasteiger charge is -2.22. The van der Waals surface area contributed by atoms with Crippen molar-refractivity contribution in [3.05, 3.63) is 18.5 Å². The molecular weight excluding hydrogens is 226 g/mol. The topological polar surface area (TPSA) is 46.2 Å². The highest BCUT2D eigenvalue weighted by atomic mass is 16.5. The highest BCUT2D eigenvalue weighted by Gasteiger charge is 2.13. The Bertz CT molecular complexity index is 351. The van der Waals surface area contributed by atoms with E-state index in [0.29, 0.717) is 5.92 Å². The van der Waals surface area contributed by atoms with Crippen LogP contribution in [0.4, 0.5) is 11.4 Å². The van der Waals surface area contributed by atoms with E-state index in [4.69, 9.17) is 4.74 Å². The van der Waals surface area contributed by atoms with Crippen LogP contribution in [0.3, 0.4) is 0 Å². The van der Waals surface area contributed by atoms with Gasteiger partial charge in [0.25, 0.3) is 0 Å². The van der Waals surface area contributed by atoms with Crippen LogP contribution in [0.25, 0.3) is 0 Å². The average molecular weight is 249 g/mol. The van der Waals surface area contributed by atoms with Crippen LogP contribution in [-0.2, 0) is 4.74 Å². The fraction of sp³-hybridized carbons (Fsp3) is 0.643. The molecule has 0 amide bonds. The number of ether oxygens (including phenoxy) is 1. The van der Waals surface area contributed by atoms with Crippen LogP contribution in [0, 0.1) is 5.92 Å². The van der Waals surface area contributed by atoms with Crippen molar-refractivity contribution < 1.29 is 4.74 Å². The minimum Gasteiger partial charge on any atom is -0.384 e. The van der Waals surface area contributed by atoms with Crippen LogP contribution in [0.5, 0.6) is 0 Å². The molecular formula is C14H23N3O. The van der Waals surface area contributed by atoms with Gasteiger partial charge in [-0.2, -0.15) is 0 Å². The molecule has 4 heteroatoms. The van der Waals surface area contributed by atoms with Crippen molar-refractivity contribution in [3.63, 3.8) is 0 Å². The summed E-state index contributed by atoms with van der Waals surface area (Å²) in [6.07, 6.45) is 7.30. The first-order valence-electron chi connectivity index (χ1n) is 6.89. The molecule has 0 aliphatic carbocycles. The standard InChI is InChI=1S/C14H23N3O/c1-2-5-16-13-7-14(10-15-9-13)17-8-12-4-3-6-18-11-12/h7,9-10,12,16-17H,2-6,8,11H2,1H3. The van der Waals surface area contributed by atoms with Crippen molar-refractivity contribution >= 4 is 11.4 Å². The molecule has 1 aliphatic rings. The second kappa shape index (κ2) is 7.21. The molecule has 2 N–H and O–H groups in total. The molecule has 0 bridgehead atoms. The third-order valence-electron chi connectivity index (χ3n) is 3.17. The molecule has 0 radical (unpaired) electrons. The SMILES string of the molecule is CCCNc1cncc(NCC2CCCOC2)c1. The van der Waals surface area contributed by atoms with Crippen LogP contribution in [0.2, 0.25) is 0 Å². The summed E-state index contributed by atoms with van der Waals surface area (Å²) < 4.78 is 5.48. The normalized spacial score (nSPS) is 19.5. The Morgan fingerprint density at radius 3 is 2.89 bits per heavy atom. The molecule has 4 nitrogen and oxygen atoms in total. The predicted molar refractivity (Wildman–Crippen MR) is 75.1 cm³/mol. The van der Waals surface area contributed by atoms with E-state index in [-0.39, 0.29) is 0 Å². The highest BCUT2D eigenvalue weighted by molar-refractivity contribution is 5.53. The van der Waals surface area contributed by atoms with E-state index in [1.54, 1.807) is 0 Å². The van der Waals surface area contributed by atoms with Gasteiger partial charge in [0, 0.05) is 19.7 Å². The number of rotatable bonds is 6. The maximum atomic E-state index is 5.48. The van der Waals surface area contributed by atoms with E-state index in [2.05, 4.69) is 28.6 Å². The Labute approximate surface area is 109 Å². The quantitative estimate of drug-likeness (QED) is 0.814. The van der Waals surface area contributed by atoms with Crippen LogP contribution in [0.15, 0.2) is 18.5 Å². The highest BCUT2D eigenvalue weighted by Crippen LogP contribution is 2.17. The van der Waals surface area contributed by atoms with Gasteiger partial charge in [-0.05, 0) is 31.2 Å². The Balaban J connectivity index is 1.80. The van der Waals surface area contributed by atoms with Gasteiger partial charge < -0.3 is 15.4 Å². The Kier molecular flexibility index (Phi) is 5.27. The molecule has 2 heterocycles. The minimum atomic E-state index is 0.631. The second-order valence-corrected chi connectivity index (χ2v) is 4.85. The molecule has 0 aromatic carbocycles. The molecule has 1 fully saturated rings. The van der Waals surface area contributed by atoms with Gasteiger partial charge in [0.2, 0.25) is 0 Å². The van der Waals surface area contributed by atoms with Gasteiger partial charge in [-0.3, -0.25) is 4.98 Å². The average Bonchev–Trinajstić information content (AvgIpc) is 2.44. The Morgan fingerprint density at radius 1 is 1.33 bits per heavy atom. The zero-order valence-corrected chi connectivity index (χ0v) is 11.1. The molecule has 1 aromatic rings. The zero-order chi connectivity index (χ0) is 12.6. The van der Waals surface area contributed by atoms with E-state index in [0.717, 1.165) is 44.1 Å². The summed E-state index contributed by atoms with van der Waals surface area (Å²) in [5, 5.41) is 6.79. The first-order chi connectivity index (χ1) is 8.88. The molecule has 0 spiro atoms. The van der Waals surface area contributed by atoms with E-state index in [9.17, 15) is 0 Å². The summed E-state index contributed by atoms with van der Waals surface area (Å²) in [7, 11) is 0. The van der Waals surface area contributed by atoms with Gasteiger partial charge in [-0.15, -0.1) is 0 Å². The number of pyridine rings is 1. The molecule has 1 atom stereocenters. The zero-order valence-electron chi connectivity index (χ0n) is 11.1. The maximum Gasteiger partial charge on any atom is 0.0547 e. The molecule has 1 saturated heterocycles. The number of hydrogen-bond acceptors (Lipinski definition) is 4. The molecule has 1 aliphatic heterocycles. The van der Waals surface area contributed by atoms with Gasteiger partial charge in [0.15, 0.2) is 0 Å². The van der Waals surface area contributed by atoms with Crippen molar-refractivity contribution in [1.29, 1.82) is 0 Å². The maximum absolute atomic E-state index is 5.48. The molecule has 100 valence electrons. The fourth-order valence-electron chi connectivity index (χ4n) is 2.13. The first-order valence-corrected chi connectivity index (χ1v) is 6.89. The largest absolute Gasteiger partial charge is 0.384 e.